The lowest BCUT2D eigenvalue weighted by molar-refractivity contribution is -0.116. The van der Waals surface area contributed by atoms with Crippen molar-refractivity contribution in [2.45, 2.75) is 51.0 Å². The largest absolute Gasteiger partial charge is 0.450 e. The molecule has 162 valence electrons. The van der Waals surface area contributed by atoms with E-state index in [1.54, 1.807) is 6.92 Å². The smallest absolute Gasteiger partial charge is 0.409 e. The Morgan fingerprint density at radius 2 is 1.90 bits per heavy atom. The summed E-state index contributed by atoms with van der Waals surface area (Å²) in [5.74, 6) is 0.119. The second-order valence-corrected chi connectivity index (χ2v) is 8.82. The van der Waals surface area contributed by atoms with Gasteiger partial charge in [0.25, 0.3) is 0 Å². The number of carbonyl (C=O) groups excluding carboxylic acids is 2. The molecule has 0 aromatic heterocycles. The van der Waals surface area contributed by atoms with Crippen LogP contribution in [0.2, 0.25) is 0 Å². The van der Waals surface area contributed by atoms with Crippen molar-refractivity contribution in [1.82, 2.24) is 9.80 Å². The summed E-state index contributed by atoms with van der Waals surface area (Å²) in [6.07, 6.45) is 5.82. The van der Waals surface area contributed by atoms with Crippen molar-refractivity contribution in [1.29, 1.82) is 0 Å². The van der Waals surface area contributed by atoms with Crippen LogP contribution in [0.25, 0.3) is 6.08 Å². The first kappa shape index (κ1) is 20.9. The van der Waals surface area contributed by atoms with E-state index in [9.17, 15) is 9.59 Å². The van der Waals surface area contributed by atoms with Crippen LogP contribution in [0, 0.1) is 0 Å². The standard InChI is InChI=1S/C24H33N3O3/c1-4-19-6-7-22-21(16-19)24(17-27(22)18(3)28)10-14-25(15-11-24)20-8-12-26(13-9-20)23(29)30-5-2/h4,6-7,16,20H,1,5,8-15,17H2,2-3H3. The van der Waals surface area contributed by atoms with Crippen LogP contribution in [0.3, 0.4) is 0 Å². The molecule has 2 fully saturated rings. The lowest BCUT2D eigenvalue weighted by atomic mass is 9.73. The summed E-state index contributed by atoms with van der Waals surface area (Å²) in [4.78, 5) is 30.6. The summed E-state index contributed by atoms with van der Waals surface area (Å²) in [7, 11) is 0. The number of ether oxygens (including phenoxy) is 1. The van der Waals surface area contributed by atoms with Gasteiger partial charge in [0, 0.05) is 43.7 Å². The number of rotatable bonds is 3. The Balaban J connectivity index is 1.43. The Labute approximate surface area is 179 Å². The van der Waals surface area contributed by atoms with E-state index in [-0.39, 0.29) is 17.4 Å². The van der Waals surface area contributed by atoms with Gasteiger partial charge in [0.2, 0.25) is 5.91 Å². The van der Waals surface area contributed by atoms with Crippen molar-refractivity contribution >= 4 is 23.8 Å². The Kier molecular flexibility index (Phi) is 5.87. The lowest BCUT2D eigenvalue weighted by Gasteiger charge is -2.45. The number of piperidine rings is 2. The van der Waals surface area contributed by atoms with Gasteiger partial charge in [-0.15, -0.1) is 0 Å². The van der Waals surface area contributed by atoms with Crippen molar-refractivity contribution in [2.24, 2.45) is 0 Å². The van der Waals surface area contributed by atoms with Gasteiger partial charge in [-0.05, 0) is 69.0 Å². The van der Waals surface area contributed by atoms with E-state index in [0.29, 0.717) is 12.6 Å². The molecule has 0 aliphatic carbocycles. The van der Waals surface area contributed by atoms with Crippen molar-refractivity contribution in [3.63, 3.8) is 0 Å². The number of benzene rings is 1. The zero-order valence-corrected chi connectivity index (χ0v) is 18.2. The Morgan fingerprint density at radius 3 is 2.50 bits per heavy atom. The molecule has 4 rings (SSSR count). The molecular weight excluding hydrogens is 378 g/mol. The highest BCUT2D eigenvalue weighted by atomic mass is 16.6. The first-order valence-corrected chi connectivity index (χ1v) is 11.2. The summed E-state index contributed by atoms with van der Waals surface area (Å²) in [5.41, 5.74) is 3.55. The predicted octanol–water partition coefficient (Wildman–Crippen LogP) is 3.65. The molecule has 3 aliphatic rings. The van der Waals surface area contributed by atoms with Gasteiger partial charge < -0.3 is 19.4 Å². The molecule has 3 aliphatic heterocycles. The van der Waals surface area contributed by atoms with Crippen molar-refractivity contribution < 1.29 is 14.3 Å². The average Bonchev–Trinajstić information content (AvgIpc) is 3.08. The van der Waals surface area contributed by atoms with Crippen LogP contribution < -0.4 is 4.90 Å². The van der Waals surface area contributed by atoms with Gasteiger partial charge in [-0.2, -0.15) is 0 Å². The first-order chi connectivity index (χ1) is 14.5. The summed E-state index contributed by atoms with van der Waals surface area (Å²) in [6.45, 7) is 12.3. The van der Waals surface area contributed by atoms with Crippen LogP contribution in [0.1, 0.15) is 50.7 Å². The van der Waals surface area contributed by atoms with Crippen LogP contribution in [0.5, 0.6) is 0 Å². The zero-order valence-electron chi connectivity index (χ0n) is 18.2. The molecule has 0 bridgehead atoms. The quantitative estimate of drug-likeness (QED) is 0.762. The minimum absolute atomic E-state index is 0.0438. The Hall–Kier alpha value is -2.34. The highest BCUT2D eigenvalue weighted by Crippen LogP contribution is 2.48. The molecule has 0 atom stereocenters. The lowest BCUT2D eigenvalue weighted by Crippen LogP contribution is -2.52. The third-order valence-corrected chi connectivity index (χ3v) is 7.22. The van der Waals surface area contributed by atoms with Crippen LogP contribution >= 0.6 is 0 Å². The van der Waals surface area contributed by atoms with E-state index in [0.717, 1.165) is 69.7 Å². The van der Waals surface area contributed by atoms with Gasteiger partial charge in [0.05, 0.1) is 6.61 Å². The van der Waals surface area contributed by atoms with E-state index < -0.39 is 0 Å². The van der Waals surface area contributed by atoms with Gasteiger partial charge in [0.1, 0.15) is 0 Å². The maximum Gasteiger partial charge on any atom is 0.409 e. The number of anilines is 1. The molecule has 1 spiro atoms. The summed E-state index contributed by atoms with van der Waals surface area (Å²) >= 11 is 0. The Morgan fingerprint density at radius 1 is 1.20 bits per heavy atom. The highest BCUT2D eigenvalue weighted by Gasteiger charge is 2.46. The van der Waals surface area contributed by atoms with Gasteiger partial charge in [-0.3, -0.25) is 4.79 Å². The minimum Gasteiger partial charge on any atom is -0.450 e. The number of fused-ring (bicyclic) bond motifs is 2. The fraction of sp³-hybridized carbons (Fsp3) is 0.583. The van der Waals surface area contributed by atoms with Gasteiger partial charge in [-0.25, -0.2) is 4.79 Å². The normalized spacial score (nSPS) is 21.5. The van der Waals surface area contributed by atoms with Crippen LogP contribution in [-0.2, 0) is 14.9 Å². The second-order valence-electron chi connectivity index (χ2n) is 8.82. The molecule has 30 heavy (non-hydrogen) atoms. The van der Waals surface area contributed by atoms with E-state index in [4.69, 9.17) is 4.74 Å². The molecule has 3 heterocycles. The minimum atomic E-state index is -0.182. The average molecular weight is 412 g/mol. The molecule has 6 heteroatoms. The van der Waals surface area contributed by atoms with Crippen LogP contribution in [0.15, 0.2) is 24.8 Å². The summed E-state index contributed by atoms with van der Waals surface area (Å²) in [5, 5.41) is 0. The number of carbonyl (C=O) groups is 2. The van der Waals surface area contributed by atoms with Gasteiger partial charge >= 0.3 is 6.09 Å². The monoisotopic (exact) mass is 411 g/mol. The molecule has 0 saturated carbocycles. The van der Waals surface area contributed by atoms with Crippen LogP contribution in [0.4, 0.5) is 10.5 Å². The maximum atomic E-state index is 12.3. The molecule has 2 saturated heterocycles. The van der Waals surface area contributed by atoms with Gasteiger partial charge in [0.15, 0.2) is 0 Å². The fourth-order valence-electron chi connectivity index (χ4n) is 5.47. The van der Waals surface area contributed by atoms with E-state index in [1.165, 1.54) is 5.56 Å². The molecular formula is C24H33N3O3. The maximum absolute atomic E-state index is 12.3. The highest BCUT2D eigenvalue weighted by molar-refractivity contribution is 5.95. The SMILES string of the molecule is C=Cc1ccc2c(c1)C1(CCN(C3CCN(C(=O)OCC)CC3)CC1)CN2C(C)=O. The summed E-state index contributed by atoms with van der Waals surface area (Å²) < 4.78 is 5.14. The fourth-order valence-corrected chi connectivity index (χ4v) is 5.47. The van der Waals surface area contributed by atoms with Crippen molar-refractivity contribution in [2.75, 3.05) is 44.2 Å². The second kappa shape index (κ2) is 8.42. The number of hydrogen-bond donors (Lipinski definition) is 0. The number of likely N-dealkylation sites (tertiary alicyclic amines) is 2. The van der Waals surface area contributed by atoms with Crippen molar-refractivity contribution in [3.8, 4) is 0 Å². The Bertz CT molecular complexity index is 821. The van der Waals surface area contributed by atoms with Gasteiger partial charge in [-0.1, -0.05) is 18.7 Å². The topological polar surface area (TPSA) is 53.1 Å². The first-order valence-electron chi connectivity index (χ1n) is 11.2. The number of amides is 2. The number of nitrogens with zero attached hydrogens (tertiary/aromatic N) is 3. The zero-order chi connectivity index (χ0) is 21.3. The van der Waals surface area contributed by atoms with E-state index >= 15 is 0 Å². The molecule has 0 N–H and O–H groups in total. The third-order valence-electron chi connectivity index (χ3n) is 7.22. The molecule has 2 amide bonds. The summed E-state index contributed by atoms with van der Waals surface area (Å²) in [6, 6.07) is 6.89. The molecule has 1 aromatic carbocycles. The molecule has 6 nitrogen and oxygen atoms in total. The van der Waals surface area contributed by atoms with E-state index in [2.05, 4.69) is 23.6 Å². The van der Waals surface area contributed by atoms with Crippen molar-refractivity contribution in [3.05, 3.63) is 35.9 Å². The predicted molar refractivity (Wildman–Crippen MR) is 119 cm³/mol. The molecule has 0 radical (unpaired) electrons. The third kappa shape index (κ3) is 3.73. The molecule has 0 unspecified atom stereocenters. The molecule has 1 aromatic rings. The van der Waals surface area contributed by atoms with E-state index in [1.807, 2.05) is 28.9 Å². The van der Waals surface area contributed by atoms with Crippen LogP contribution in [-0.4, -0.2) is 67.2 Å². The number of hydrogen-bond acceptors (Lipinski definition) is 4.